The Morgan fingerprint density at radius 1 is 0.894 bits per heavy atom. The van der Waals surface area contributed by atoms with Crippen molar-refractivity contribution in [2.45, 2.75) is 58.0 Å². The van der Waals surface area contributed by atoms with Gasteiger partial charge in [-0.2, -0.15) is 13.2 Å². The lowest BCUT2D eigenvalue weighted by atomic mass is 10.0. The number of halogens is 5. The van der Waals surface area contributed by atoms with Gasteiger partial charge in [0.1, 0.15) is 6.04 Å². The molecule has 0 radical (unpaired) electrons. The van der Waals surface area contributed by atoms with E-state index in [4.69, 9.17) is 27.9 Å². The summed E-state index contributed by atoms with van der Waals surface area (Å²) in [5.74, 6) is -0.243. The van der Waals surface area contributed by atoms with E-state index in [9.17, 15) is 22.8 Å². The molecule has 260 valence electrons. The highest BCUT2D eigenvalue weighted by Gasteiger charge is 2.34. The maximum Gasteiger partial charge on any atom is 0.416 e. The molecule has 4 rings (SSSR count). The van der Waals surface area contributed by atoms with E-state index in [1.165, 1.54) is 12.1 Å². The summed E-state index contributed by atoms with van der Waals surface area (Å²) in [5, 5.41) is 7.08. The van der Waals surface area contributed by atoms with Gasteiger partial charge in [-0.15, -0.1) is 0 Å². The molecule has 3 amide bonds. The maximum atomic E-state index is 14.0. The van der Waals surface area contributed by atoms with Crippen molar-refractivity contribution in [3.05, 3.63) is 63.1 Å². The van der Waals surface area contributed by atoms with Crippen LogP contribution in [-0.2, 0) is 28.7 Å². The highest BCUT2D eigenvalue weighted by molar-refractivity contribution is 6.35. The number of urea groups is 1. The Bertz CT molecular complexity index is 1370. The van der Waals surface area contributed by atoms with Crippen LogP contribution in [0.15, 0.2) is 36.4 Å². The third-order valence-electron chi connectivity index (χ3n) is 8.76. The molecular weight excluding hydrogens is 656 g/mol. The predicted molar refractivity (Wildman–Crippen MR) is 179 cm³/mol. The Hall–Kier alpha value is -2.77. The lowest BCUT2D eigenvalue weighted by Crippen LogP contribution is -2.59. The van der Waals surface area contributed by atoms with Crippen molar-refractivity contribution < 1.29 is 27.5 Å². The van der Waals surface area contributed by atoms with Crippen molar-refractivity contribution in [3.63, 3.8) is 0 Å². The number of carbonyl (C=O) groups excluding carboxylic acids is 2. The van der Waals surface area contributed by atoms with Crippen LogP contribution in [0.4, 0.5) is 23.7 Å². The Kier molecular flexibility index (Phi) is 13.1. The lowest BCUT2D eigenvalue weighted by molar-refractivity contribution is -0.137. The molecule has 0 aromatic heterocycles. The molecule has 47 heavy (non-hydrogen) atoms. The van der Waals surface area contributed by atoms with Crippen LogP contribution in [0.3, 0.4) is 0 Å². The van der Waals surface area contributed by atoms with Gasteiger partial charge in [-0.25, -0.2) is 4.79 Å². The summed E-state index contributed by atoms with van der Waals surface area (Å²) in [6.45, 7) is 10.9. The molecule has 0 saturated carbocycles. The van der Waals surface area contributed by atoms with Crippen LogP contribution in [0.2, 0.25) is 10.0 Å². The van der Waals surface area contributed by atoms with Crippen LogP contribution in [0.25, 0.3) is 0 Å². The van der Waals surface area contributed by atoms with Gasteiger partial charge in [0.05, 0.1) is 12.2 Å². The van der Waals surface area contributed by atoms with Crippen LogP contribution in [0, 0.1) is 0 Å². The average molecular weight is 702 g/mol. The first-order chi connectivity index (χ1) is 22.3. The van der Waals surface area contributed by atoms with E-state index < -0.39 is 17.8 Å². The van der Waals surface area contributed by atoms with Crippen LogP contribution >= 0.6 is 23.2 Å². The largest absolute Gasteiger partial charge is 0.416 e. The van der Waals surface area contributed by atoms with Crippen LogP contribution < -0.4 is 15.5 Å². The Morgan fingerprint density at radius 3 is 2.15 bits per heavy atom. The van der Waals surface area contributed by atoms with Crippen LogP contribution in [0.5, 0.6) is 0 Å². The molecule has 2 aromatic carbocycles. The van der Waals surface area contributed by atoms with Gasteiger partial charge >= 0.3 is 12.2 Å². The van der Waals surface area contributed by atoms with Gasteiger partial charge in [-0.05, 0) is 62.2 Å². The number of hydrogen-bond acceptors (Lipinski definition) is 6. The van der Waals surface area contributed by atoms with Gasteiger partial charge in [0, 0.05) is 100 Å². The van der Waals surface area contributed by atoms with Crippen molar-refractivity contribution >= 4 is 40.8 Å². The summed E-state index contributed by atoms with van der Waals surface area (Å²) < 4.78 is 45.9. The minimum Gasteiger partial charge on any atom is -0.383 e. The maximum absolute atomic E-state index is 14.0. The number of benzene rings is 2. The zero-order valence-electron chi connectivity index (χ0n) is 27.4. The first-order valence-corrected chi connectivity index (χ1v) is 16.7. The molecule has 2 atom stereocenters. The smallest absolute Gasteiger partial charge is 0.383 e. The quantitative estimate of drug-likeness (QED) is 0.339. The molecule has 2 N–H and O–H groups in total. The van der Waals surface area contributed by atoms with Crippen LogP contribution in [-0.4, -0.2) is 111 Å². The van der Waals surface area contributed by atoms with Gasteiger partial charge < -0.3 is 30.1 Å². The monoisotopic (exact) mass is 700 g/mol. The molecule has 2 saturated heterocycles. The molecule has 0 aliphatic carbocycles. The fourth-order valence-electron chi connectivity index (χ4n) is 5.98. The van der Waals surface area contributed by atoms with E-state index in [1.807, 2.05) is 11.8 Å². The molecule has 1 unspecified atom stereocenters. The summed E-state index contributed by atoms with van der Waals surface area (Å²) in [4.78, 5) is 35.1. The molecule has 14 heteroatoms. The summed E-state index contributed by atoms with van der Waals surface area (Å²) in [7, 11) is 1.57. The van der Waals surface area contributed by atoms with Gasteiger partial charge in [0.25, 0.3) is 0 Å². The number of nitrogens with zero attached hydrogens (tertiary/aromatic N) is 4. The second-order valence-corrected chi connectivity index (χ2v) is 13.3. The Morgan fingerprint density at radius 2 is 1.55 bits per heavy atom. The number of nitrogens with one attached hydrogen (secondary N) is 2. The molecule has 0 bridgehead atoms. The highest BCUT2D eigenvalue weighted by Crippen LogP contribution is 2.33. The Labute approximate surface area is 285 Å². The number of piperazine rings is 2. The standard InChI is InChI=1S/C33H45Cl2F3N6O3/c1-22(2)41-9-15-44(16-10-41)32(46)40-29(18-24-5-7-27(34)19-28(24)35)31(45)43-13-11-42(12-14-43)30-8-6-26(33(36,37)38)17-25(30)20-39-23(3)21-47-4/h5-8,17,19,22-23,29,39H,9-16,18,20-21H2,1-4H3,(H,40,46)/t23?,29-/m1/s1. The zero-order valence-corrected chi connectivity index (χ0v) is 28.9. The molecule has 2 aliphatic rings. The Balaban J connectivity index is 1.47. The first kappa shape index (κ1) is 37.1. The van der Waals surface area contributed by atoms with Crippen molar-refractivity contribution in [2.24, 2.45) is 0 Å². The average Bonchev–Trinajstić information content (AvgIpc) is 3.04. The first-order valence-electron chi connectivity index (χ1n) is 16.0. The third-order valence-corrected chi connectivity index (χ3v) is 9.35. The van der Waals surface area contributed by atoms with Crippen molar-refractivity contribution in [1.82, 2.24) is 25.3 Å². The predicted octanol–water partition coefficient (Wildman–Crippen LogP) is 5.13. The topological polar surface area (TPSA) is 80.4 Å². The summed E-state index contributed by atoms with van der Waals surface area (Å²) >= 11 is 12.6. The van der Waals surface area contributed by atoms with E-state index in [1.54, 1.807) is 35.1 Å². The number of anilines is 1. The lowest BCUT2D eigenvalue weighted by Gasteiger charge is -2.40. The number of hydrogen-bond donors (Lipinski definition) is 2. The van der Waals surface area contributed by atoms with E-state index >= 15 is 0 Å². The van der Waals surface area contributed by atoms with E-state index in [0.717, 1.165) is 19.2 Å². The van der Waals surface area contributed by atoms with E-state index in [-0.39, 0.29) is 30.9 Å². The zero-order chi connectivity index (χ0) is 34.3. The van der Waals surface area contributed by atoms with Gasteiger partial charge in [0.2, 0.25) is 5.91 Å². The van der Waals surface area contributed by atoms with Gasteiger partial charge in [-0.3, -0.25) is 9.69 Å². The number of carbonyl (C=O) groups is 2. The molecule has 2 heterocycles. The minimum absolute atomic E-state index is 0.0581. The highest BCUT2D eigenvalue weighted by atomic mass is 35.5. The van der Waals surface area contributed by atoms with Crippen molar-refractivity contribution in [3.8, 4) is 0 Å². The van der Waals surface area contributed by atoms with Crippen molar-refractivity contribution in [1.29, 1.82) is 0 Å². The SMILES string of the molecule is COCC(C)NCc1cc(C(F)(F)F)ccc1N1CCN(C(=O)[C@@H](Cc2ccc(Cl)cc2Cl)NC(=O)N2CCN(C(C)C)CC2)CC1. The number of ether oxygens (including phenoxy) is 1. The fraction of sp³-hybridized carbons (Fsp3) is 0.576. The summed E-state index contributed by atoms with van der Waals surface area (Å²) in [6, 6.07) is 7.99. The second-order valence-electron chi connectivity index (χ2n) is 12.4. The second kappa shape index (κ2) is 16.6. The molecule has 2 aliphatic heterocycles. The molecule has 0 spiro atoms. The third kappa shape index (κ3) is 10.1. The minimum atomic E-state index is -4.47. The fourth-order valence-corrected chi connectivity index (χ4v) is 6.47. The van der Waals surface area contributed by atoms with Crippen LogP contribution in [0.1, 0.15) is 37.5 Å². The number of amides is 3. The molecule has 9 nitrogen and oxygen atoms in total. The normalized spacial score (nSPS) is 17.6. The van der Waals surface area contributed by atoms with Gasteiger partial charge in [0.15, 0.2) is 0 Å². The number of rotatable bonds is 11. The molecule has 2 fully saturated rings. The van der Waals surface area contributed by atoms with Crippen molar-refractivity contribution in [2.75, 3.05) is 71.0 Å². The summed E-state index contributed by atoms with van der Waals surface area (Å²) in [5.41, 5.74) is 1.17. The number of alkyl halides is 3. The molecular formula is C33H45Cl2F3N6O3. The van der Waals surface area contributed by atoms with Gasteiger partial charge in [-0.1, -0.05) is 29.3 Å². The summed E-state index contributed by atoms with van der Waals surface area (Å²) in [6.07, 6.45) is -4.29. The van der Waals surface area contributed by atoms with E-state index in [0.29, 0.717) is 78.8 Å². The number of methoxy groups -OCH3 is 1. The van der Waals surface area contributed by atoms with E-state index in [2.05, 4.69) is 29.4 Å². The molecule has 2 aromatic rings.